The lowest BCUT2D eigenvalue weighted by molar-refractivity contribution is 0.241. The van der Waals surface area contributed by atoms with Gasteiger partial charge < -0.3 is 10.1 Å². The summed E-state index contributed by atoms with van der Waals surface area (Å²) in [5, 5.41) is 3.69. The second-order valence-electron chi connectivity index (χ2n) is 7.23. The Morgan fingerprint density at radius 2 is 2.05 bits per heavy atom. The first-order chi connectivity index (χ1) is 9.60. The van der Waals surface area contributed by atoms with Crippen LogP contribution in [-0.2, 0) is 6.42 Å². The van der Waals surface area contributed by atoms with Crippen molar-refractivity contribution in [2.45, 2.75) is 45.6 Å². The summed E-state index contributed by atoms with van der Waals surface area (Å²) in [5.41, 5.74) is 1.90. The molecule has 2 unspecified atom stereocenters. The van der Waals surface area contributed by atoms with Crippen LogP contribution < -0.4 is 10.1 Å². The van der Waals surface area contributed by atoms with Crippen LogP contribution in [0.5, 0.6) is 5.75 Å². The van der Waals surface area contributed by atoms with E-state index in [0.717, 1.165) is 24.1 Å². The Morgan fingerprint density at radius 3 is 2.70 bits per heavy atom. The van der Waals surface area contributed by atoms with E-state index in [0.29, 0.717) is 11.5 Å². The number of hydrogen-bond acceptors (Lipinski definition) is 2. The maximum absolute atomic E-state index is 5.36. The Bertz CT molecular complexity index is 458. The van der Waals surface area contributed by atoms with Crippen molar-refractivity contribution in [3.05, 3.63) is 29.8 Å². The van der Waals surface area contributed by atoms with Gasteiger partial charge in [0.15, 0.2) is 0 Å². The van der Waals surface area contributed by atoms with Crippen LogP contribution in [0.3, 0.4) is 0 Å². The molecular weight excluding hydrogens is 246 g/mol. The Labute approximate surface area is 122 Å². The summed E-state index contributed by atoms with van der Waals surface area (Å²) in [5.74, 6) is 3.03. The van der Waals surface area contributed by atoms with Crippen molar-refractivity contribution >= 4 is 0 Å². The van der Waals surface area contributed by atoms with E-state index < -0.39 is 0 Å². The lowest BCUT2D eigenvalue weighted by Gasteiger charge is -2.32. The quantitative estimate of drug-likeness (QED) is 0.854. The average molecular weight is 273 g/mol. The number of rotatable bonds is 6. The Kier molecular flexibility index (Phi) is 3.76. The molecule has 0 aliphatic heterocycles. The van der Waals surface area contributed by atoms with Gasteiger partial charge in [-0.2, -0.15) is 0 Å². The van der Waals surface area contributed by atoms with E-state index in [9.17, 15) is 0 Å². The molecule has 0 aromatic heterocycles. The van der Waals surface area contributed by atoms with Gasteiger partial charge in [0.2, 0.25) is 0 Å². The maximum atomic E-state index is 5.36. The van der Waals surface area contributed by atoms with Gasteiger partial charge in [-0.05, 0) is 60.6 Å². The molecule has 3 rings (SSSR count). The molecule has 2 aliphatic carbocycles. The van der Waals surface area contributed by atoms with E-state index in [-0.39, 0.29) is 0 Å². The van der Waals surface area contributed by atoms with Crippen molar-refractivity contribution < 1.29 is 4.74 Å². The van der Waals surface area contributed by atoms with Crippen molar-refractivity contribution in [3.63, 3.8) is 0 Å². The minimum atomic E-state index is 0.476. The third-order valence-corrected chi connectivity index (χ3v) is 5.06. The normalized spacial score (nSPS) is 31.4. The maximum Gasteiger partial charge on any atom is 0.119 e. The molecule has 2 aliphatic rings. The number of methoxy groups -OCH3 is 1. The van der Waals surface area contributed by atoms with Crippen LogP contribution in [0.1, 0.15) is 38.7 Å². The van der Waals surface area contributed by atoms with E-state index in [4.69, 9.17) is 4.74 Å². The molecule has 2 atom stereocenters. The van der Waals surface area contributed by atoms with Gasteiger partial charge in [0.1, 0.15) is 5.75 Å². The highest BCUT2D eigenvalue weighted by Gasteiger charge is 2.53. The first-order valence-corrected chi connectivity index (χ1v) is 7.96. The minimum Gasteiger partial charge on any atom is -0.497 e. The van der Waals surface area contributed by atoms with Gasteiger partial charge >= 0.3 is 0 Å². The first kappa shape index (κ1) is 13.9. The van der Waals surface area contributed by atoms with Crippen LogP contribution in [0.4, 0.5) is 0 Å². The molecule has 0 radical (unpaired) electrons. The van der Waals surface area contributed by atoms with Crippen molar-refractivity contribution in [1.29, 1.82) is 0 Å². The zero-order valence-electron chi connectivity index (χ0n) is 13.0. The molecule has 0 bridgehead atoms. The summed E-state index contributed by atoms with van der Waals surface area (Å²) >= 11 is 0. The van der Waals surface area contributed by atoms with Crippen LogP contribution >= 0.6 is 0 Å². The second kappa shape index (κ2) is 5.40. The van der Waals surface area contributed by atoms with Crippen LogP contribution in [0.2, 0.25) is 0 Å². The molecule has 2 saturated carbocycles. The van der Waals surface area contributed by atoms with E-state index >= 15 is 0 Å². The van der Waals surface area contributed by atoms with E-state index in [1.165, 1.54) is 31.2 Å². The van der Waals surface area contributed by atoms with Gasteiger partial charge in [0, 0.05) is 12.6 Å². The Hall–Kier alpha value is -1.02. The van der Waals surface area contributed by atoms with Gasteiger partial charge in [-0.25, -0.2) is 0 Å². The molecule has 1 aromatic carbocycles. The highest BCUT2D eigenvalue weighted by molar-refractivity contribution is 5.29. The standard InChI is InChI=1S/C18H27NO/c1-13(2)19-12-18(10-15-8-16(15)11-18)9-14-5-4-6-17(7-14)20-3/h4-7,13,15-16,19H,8-12H2,1-3H3. The van der Waals surface area contributed by atoms with Crippen LogP contribution in [0, 0.1) is 17.3 Å². The van der Waals surface area contributed by atoms with Crippen molar-refractivity contribution in [3.8, 4) is 5.75 Å². The summed E-state index contributed by atoms with van der Waals surface area (Å²) in [6, 6.07) is 9.20. The molecule has 1 aromatic rings. The summed E-state index contributed by atoms with van der Waals surface area (Å²) in [6.07, 6.45) is 5.50. The SMILES string of the molecule is COc1cccc(CC2(CNC(C)C)CC3CC3C2)c1. The Morgan fingerprint density at radius 1 is 1.30 bits per heavy atom. The number of hydrogen-bond donors (Lipinski definition) is 1. The van der Waals surface area contributed by atoms with Crippen LogP contribution in [0.15, 0.2) is 24.3 Å². The third-order valence-electron chi connectivity index (χ3n) is 5.06. The molecular formula is C18H27NO. The predicted molar refractivity (Wildman–Crippen MR) is 83.1 cm³/mol. The predicted octanol–water partition coefficient (Wildman–Crippen LogP) is 3.65. The van der Waals surface area contributed by atoms with E-state index in [1.54, 1.807) is 7.11 Å². The smallest absolute Gasteiger partial charge is 0.119 e. The summed E-state index contributed by atoms with van der Waals surface area (Å²) in [4.78, 5) is 0. The largest absolute Gasteiger partial charge is 0.497 e. The van der Waals surface area contributed by atoms with Gasteiger partial charge in [-0.1, -0.05) is 26.0 Å². The van der Waals surface area contributed by atoms with Crippen LogP contribution in [0.25, 0.3) is 0 Å². The highest BCUT2D eigenvalue weighted by atomic mass is 16.5. The highest BCUT2D eigenvalue weighted by Crippen LogP contribution is 2.60. The number of ether oxygens (including phenoxy) is 1. The fraction of sp³-hybridized carbons (Fsp3) is 0.667. The van der Waals surface area contributed by atoms with Crippen molar-refractivity contribution in [2.24, 2.45) is 17.3 Å². The number of nitrogens with one attached hydrogen (secondary N) is 1. The van der Waals surface area contributed by atoms with Gasteiger partial charge in [0.05, 0.1) is 7.11 Å². The molecule has 2 fully saturated rings. The van der Waals surface area contributed by atoms with Gasteiger partial charge in [-0.15, -0.1) is 0 Å². The summed E-state index contributed by atoms with van der Waals surface area (Å²) < 4.78 is 5.36. The van der Waals surface area contributed by atoms with Gasteiger partial charge in [0.25, 0.3) is 0 Å². The van der Waals surface area contributed by atoms with E-state index in [1.807, 2.05) is 6.07 Å². The minimum absolute atomic E-state index is 0.476. The summed E-state index contributed by atoms with van der Waals surface area (Å²) in [7, 11) is 1.75. The molecule has 20 heavy (non-hydrogen) atoms. The number of benzene rings is 1. The Balaban J connectivity index is 1.72. The van der Waals surface area contributed by atoms with Crippen molar-refractivity contribution in [2.75, 3.05) is 13.7 Å². The van der Waals surface area contributed by atoms with Crippen molar-refractivity contribution in [1.82, 2.24) is 5.32 Å². The monoisotopic (exact) mass is 273 g/mol. The molecule has 0 amide bonds. The summed E-state index contributed by atoms with van der Waals surface area (Å²) in [6.45, 7) is 5.65. The molecule has 0 saturated heterocycles. The molecule has 2 nitrogen and oxygen atoms in total. The molecule has 0 heterocycles. The van der Waals surface area contributed by atoms with E-state index in [2.05, 4.69) is 37.4 Å². The van der Waals surface area contributed by atoms with Crippen LogP contribution in [-0.4, -0.2) is 19.7 Å². The molecule has 0 spiro atoms. The second-order valence-corrected chi connectivity index (χ2v) is 7.23. The van der Waals surface area contributed by atoms with Gasteiger partial charge in [-0.3, -0.25) is 0 Å². The fourth-order valence-corrected chi connectivity index (χ4v) is 3.99. The molecule has 1 N–H and O–H groups in total. The first-order valence-electron chi connectivity index (χ1n) is 7.96. The third kappa shape index (κ3) is 3.01. The lowest BCUT2D eigenvalue weighted by atomic mass is 9.77. The molecule has 110 valence electrons. The zero-order chi connectivity index (χ0) is 14.2. The topological polar surface area (TPSA) is 21.3 Å². The lowest BCUT2D eigenvalue weighted by Crippen LogP contribution is -2.38. The number of fused-ring (bicyclic) bond motifs is 1. The fourth-order valence-electron chi connectivity index (χ4n) is 3.99. The average Bonchev–Trinajstić information content (AvgIpc) is 3.05. The zero-order valence-corrected chi connectivity index (χ0v) is 13.0. The molecule has 2 heteroatoms.